The van der Waals surface area contributed by atoms with Crippen molar-refractivity contribution in [3.8, 4) is 0 Å². The van der Waals surface area contributed by atoms with Gasteiger partial charge in [-0.1, -0.05) is 30.3 Å². The van der Waals surface area contributed by atoms with E-state index in [1.807, 2.05) is 18.3 Å². The molecular weight excluding hydrogens is 310 g/mol. The minimum absolute atomic E-state index is 0.0205. The van der Waals surface area contributed by atoms with Gasteiger partial charge in [-0.15, -0.1) is 0 Å². The van der Waals surface area contributed by atoms with Gasteiger partial charge in [0.05, 0.1) is 5.92 Å². The maximum atomic E-state index is 12.7. The van der Waals surface area contributed by atoms with Crippen molar-refractivity contribution in [1.29, 1.82) is 0 Å². The smallest absolute Gasteiger partial charge is 0.227 e. The van der Waals surface area contributed by atoms with Gasteiger partial charge >= 0.3 is 0 Å². The van der Waals surface area contributed by atoms with Crippen molar-refractivity contribution in [2.45, 2.75) is 45.6 Å². The summed E-state index contributed by atoms with van der Waals surface area (Å²) in [6.07, 6.45) is 4.96. The molecule has 0 spiro atoms. The third-order valence-corrected chi connectivity index (χ3v) is 5.05. The Balaban J connectivity index is 1.61. The molecule has 25 heavy (non-hydrogen) atoms. The largest absolute Gasteiger partial charge is 0.357 e. The van der Waals surface area contributed by atoms with Crippen LogP contribution in [0.2, 0.25) is 0 Å². The first-order valence-corrected chi connectivity index (χ1v) is 9.28. The number of aryl methyl sites for hydroxylation is 1. The third kappa shape index (κ3) is 4.01. The van der Waals surface area contributed by atoms with E-state index in [2.05, 4.69) is 53.3 Å². The highest BCUT2D eigenvalue weighted by molar-refractivity contribution is 5.84. The summed E-state index contributed by atoms with van der Waals surface area (Å²) in [4.78, 5) is 19.4. The maximum Gasteiger partial charge on any atom is 0.227 e. The minimum Gasteiger partial charge on any atom is -0.357 e. The van der Waals surface area contributed by atoms with Crippen LogP contribution in [0.1, 0.15) is 49.3 Å². The molecule has 132 valence electrons. The molecule has 4 heteroatoms. The van der Waals surface area contributed by atoms with E-state index in [1.54, 1.807) is 0 Å². The van der Waals surface area contributed by atoms with Crippen LogP contribution in [0.5, 0.6) is 0 Å². The van der Waals surface area contributed by atoms with E-state index in [4.69, 9.17) is 0 Å². The molecule has 0 unspecified atom stereocenters. The van der Waals surface area contributed by atoms with E-state index in [9.17, 15) is 4.79 Å². The second-order valence-electron chi connectivity index (χ2n) is 6.56. The summed E-state index contributed by atoms with van der Waals surface area (Å²) in [7, 11) is 0. The molecule has 0 saturated carbocycles. The van der Waals surface area contributed by atoms with Crippen LogP contribution >= 0.6 is 0 Å². The highest BCUT2D eigenvalue weighted by Crippen LogP contribution is 2.31. The first-order valence-electron chi connectivity index (χ1n) is 9.28. The molecule has 1 aromatic heterocycles. The first-order chi connectivity index (χ1) is 12.2. The number of rotatable bonds is 6. The zero-order valence-electron chi connectivity index (χ0n) is 15.2. The van der Waals surface area contributed by atoms with Crippen molar-refractivity contribution in [2.24, 2.45) is 0 Å². The molecule has 0 aliphatic heterocycles. The average molecular weight is 337 g/mol. The molecule has 0 bridgehead atoms. The Morgan fingerprint density at radius 3 is 2.72 bits per heavy atom. The number of carbonyl (C=O) groups is 1. The fraction of sp³-hybridized carbons (Fsp3) is 0.429. The van der Waals surface area contributed by atoms with E-state index < -0.39 is 0 Å². The van der Waals surface area contributed by atoms with Crippen molar-refractivity contribution in [3.05, 3.63) is 59.3 Å². The summed E-state index contributed by atoms with van der Waals surface area (Å²) in [5, 5.41) is 3.09. The number of aromatic nitrogens is 1. The van der Waals surface area contributed by atoms with Crippen LogP contribution in [0.25, 0.3) is 0 Å². The fourth-order valence-electron chi connectivity index (χ4n) is 3.59. The number of anilines is 1. The number of benzene rings is 1. The number of carbonyl (C=O) groups excluding carboxylic acids is 1. The maximum absolute atomic E-state index is 12.7. The van der Waals surface area contributed by atoms with Crippen LogP contribution in [0.15, 0.2) is 42.6 Å². The Labute approximate surface area is 150 Å². The number of hydrogen-bond acceptors (Lipinski definition) is 3. The SMILES string of the molecule is CCN(CC)c1ccc(CNC(=O)[C@@H]2CCCc3ccccc32)cn1. The molecule has 1 aliphatic rings. The summed E-state index contributed by atoms with van der Waals surface area (Å²) in [5.74, 6) is 1.09. The zero-order valence-corrected chi connectivity index (χ0v) is 15.2. The molecule has 4 nitrogen and oxygen atoms in total. The van der Waals surface area contributed by atoms with Gasteiger partial charge in [0.2, 0.25) is 5.91 Å². The monoisotopic (exact) mass is 337 g/mol. The van der Waals surface area contributed by atoms with Crippen LogP contribution in [-0.4, -0.2) is 24.0 Å². The van der Waals surface area contributed by atoms with E-state index in [0.29, 0.717) is 6.54 Å². The van der Waals surface area contributed by atoms with Crippen molar-refractivity contribution in [2.75, 3.05) is 18.0 Å². The summed E-state index contributed by atoms with van der Waals surface area (Å²) >= 11 is 0. The Kier molecular flexibility index (Phi) is 5.69. The van der Waals surface area contributed by atoms with E-state index in [0.717, 1.165) is 43.7 Å². The normalized spacial score (nSPS) is 16.2. The molecule has 2 aromatic rings. The van der Waals surface area contributed by atoms with Gasteiger partial charge in [0.1, 0.15) is 5.82 Å². The number of nitrogens with zero attached hydrogens (tertiary/aromatic N) is 2. The predicted molar refractivity (Wildman–Crippen MR) is 102 cm³/mol. The molecule has 0 fully saturated rings. The Hall–Kier alpha value is -2.36. The number of hydrogen-bond donors (Lipinski definition) is 1. The highest BCUT2D eigenvalue weighted by atomic mass is 16.1. The Morgan fingerprint density at radius 1 is 1.20 bits per heavy atom. The molecular formula is C21H27N3O. The van der Waals surface area contributed by atoms with Crippen molar-refractivity contribution in [1.82, 2.24) is 10.3 Å². The van der Waals surface area contributed by atoms with Gasteiger partial charge in [0, 0.05) is 25.8 Å². The topological polar surface area (TPSA) is 45.2 Å². The van der Waals surface area contributed by atoms with Crippen LogP contribution in [0.3, 0.4) is 0 Å². The van der Waals surface area contributed by atoms with E-state index in [-0.39, 0.29) is 11.8 Å². The molecule has 0 saturated heterocycles. The summed E-state index contributed by atoms with van der Waals surface area (Å²) < 4.78 is 0. The fourth-order valence-corrected chi connectivity index (χ4v) is 3.59. The van der Waals surface area contributed by atoms with Gasteiger partial charge in [-0.05, 0) is 55.9 Å². The Morgan fingerprint density at radius 2 is 2.00 bits per heavy atom. The van der Waals surface area contributed by atoms with Gasteiger partial charge < -0.3 is 10.2 Å². The molecule has 1 atom stereocenters. The van der Waals surface area contributed by atoms with Crippen molar-refractivity contribution >= 4 is 11.7 Å². The van der Waals surface area contributed by atoms with Crippen LogP contribution in [0.4, 0.5) is 5.82 Å². The van der Waals surface area contributed by atoms with Gasteiger partial charge in [0.15, 0.2) is 0 Å². The summed E-state index contributed by atoms with van der Waals surface area (Å²) in [5.41, 5.74) is 3.55. The van der Waals surface area contributed by atoms with Gasteiger partial charge in [-0.3, -0.25) is 4.79 Å². The van der Waals surface area contributed by atoms with Gasteiger partial charge in [-0.2, -0.15) is 0 Å². The molecule has 1 amide bonds. The standard InChI is InChI=1S/C21H27N3O/c1-3-24(4-2)20-13-12-16(14-22-20)15-23-21(25)19-11-7-9-17-8-5-6-10-18(17)19/h5-6,8,10,12-14,19H,3-4,7,9,11,15H2,1-2H3,(H,23,25)/t19-/m1/s1. The lowest BCUT2D eigenvalue weighted by atomic mass is 9.82. The summed E-state index contributed by atoms with van der Waals surface area (Å²) in [6.45, 7) is 6.67. The van der Waals surface area contributed by atoms with Gasteiger partial charge in [-0.25, -0.2) is 4.98 Å². The highest BCUT2D eigenvalue weighted by Gasteiger charge is 2.25. The van der Waals surface area contributed by atoms with Crippen LogP contribution < -0.4 is 10.2 Å². The molecule has 3 rings (SSSR count). The molecule has 1 heterocycles. The summed E-state index contributed by atoms with van der Waals surface area (Å²) in [6, 6.07) is 12.4. The first kappa shape index (κ1) is 17.5. The molecule has 1 N–H and O–H groups in total. The average Bonchev–Trinajstić information content (AvgIpc) is 2.67. The lowest BCUT2D eigenvalue weighted by Crippen LogP contribution is -2.31. The van der Waals surface area contributed by atoms with E-state index >= 15 is 0 Å². The van der Waals surface area contributed by atoms with Gasteiger partial charge in [0.25, 0.3) is 0 Å². The second kappa shape index (κ2) is 8.15. The lowest BCUT2D eigenvalue weighted by Gasteiger charge is -2.24. The predicted octanol–water partition coefficient (Wildman–Crippen LogP) is 3.66. The van der Waals surface area contributed by atoms with Crippen LogP contribution in [0, 0.1) is 0 Å². The number of nitrogens with one attached hydrogen (secondary N) is 1. The lowest BCUT2D eigenvalue weighted by molar-refractivity contribution is -0.123. The third-order valence-electron chi connectivity index (χ3n) is 5.05. The number of fused-ring (bicyclic) bond motifs is 1. The van der Waals surface area contributed by atoms with Crippen molar-refractivity contribution in [3.63, 3.8) is 0 Å². The molecule has 1 aromatic carbocycles. The number of pyridine rings is 1. The molecule has 0 radical (unpaired) electrons. The molecule has 1 aliphatic carbocycles. The number of amides is 1. The second-order valence-corrected chi connectivity index (χ2v) is 6.56. The minimum atomic E-state index is -0.0205. The quantitative estimate of drug-likeness (QED) is 0.875. The Bertz CT molecular complexity index is 707. The van der Waals surface area contributed by atoms with E-state index in [1.165, 1.54) is 11.1 Å². The zero-order chi connectivity index (χ0) is 17.6. The van der Waals surface area contributed by atoms with Crippen molar-refractivity contribution < 1.29 is 4.79 Å². The van der Waals surface area contributed by atoms with Crippen LogP contribution in [-0.2, 0) is 17.8 Å².